The van der Waals surface area contributed by atoms with E-state index < -0.39 is 5.97 Å². The number of amides is 1. The lowest BCUT2D eigenvalue weighted by Gasteiger charge is -2.10. The Labute approximate surface area is 130 Å². The minimum atomic E-state index is -1.01. The van der Waals surface area contributed by atoms with Crippen molar-refractivity contribution >= 4 is 40.2 Å². The van der Waals surface area contributed by atoms with Gasteiger partial charge < -0.3 is 10.4 Å². The Morgan fingerprint density at radius 1 is 1.15 bits per heavy atom. The van der Waals surface area contributed by atoms with Crippen LogP contribution in [0.2, 0.25) is 0 Å². The van der Waals surface area contributed by atoms with E-state index in [-0.39, 0.29) is 11.5 Å². The predicted octanol–water partition coefficient (Wildman–Crippen LogP) is 3.55. The number of carbonyl (C=O) groups is 2. The maximum Gasteiger partial charge on any atom is 0.336 e. The number of hydrogen-bond donors (Lipinski definition) is 2. The molecule has 0 atom stereocenters. The first-order valence-corrected chi connectivity index (χ1v) is 6.96. The van der Waals surface area contributed by atoms with Gasteiger partial charge in [-0.05, 0) is 65.4 Å². The topological polar surface area (TPSA) is 66.4 Å². The van der Waals surface area contributed by atoms with Crippen molar-refractivity contribution in [3.8, 4) is 0 Å². The van der Waals surface area contributed by atoms with E-state index in [0.717, 1.165) is 3.57 Å². The predicted molar refractivity (Wildman–Crippen MR) is 85.3 cm³/mol. The van der Waals surface area contributed by atoms with Gasteiger partial charge in [-0.25, -0.2) is 4.79 Å². The molecule has 0 saturated heterocycles. The second-order valence-corrected chi connectivity index (χ2v) is 5.49. The van der Waals surface area contributed by atoms with Gasteiger partial charge >= 0.3 is 5.97 Å². The Kier molecular flexibility index (Phi) is 4.39. The summed E-state index contributed by atoms with van der Waals surface area (Å²) in [6.07, 6.45) is 0. The van der Waals surface area contributed by atoms with Gasteiger partial charge in [0, 0.05) is 14.8 Å². The molecule has 0 aliphatic heterocycles. The number of hydrogen-bond acceptors (Lipinski definition) is 2. The van der Waals surface area contributed by atoms with E-state index in [2.05, 4.69) is 27.9 Å². The summed E-state index contributed by atoms with van der Waals surface area (Å²) in [5.41, 5.74) is 1.77. The molecule has 0 unspecified atom stereocenters. The van der Waals surface area contributed by atoms with Gasteiger partial charge in [0.25, 0.3) is 5.91 Å². The maximum atomic E-state index is 12.1. The average Bonchev–Trinajstić information content (AvgIpc) is 2.40. The molecule has 2 N–H and O–H groups in total. The number of benzene rings is 2. The van der Waals surface area contributed by atoms with Gasteiger partial charge in [0.2, 0.25) is 0 Å². The number of carbonyl (C=O) groups excluding carboxylic acids is 1. The molecule has 0 radical (unpaired) electrons. The molecular formula is C15H12INO3. The molecule has 0 fully saturated rings. The number of rotatable bonds is 3. The number of nitrogens with one attached hydrogen (secondary N) is 1. The third-order valence-electron chi connectivity index (χ3n) is 2.90. The molecule has 102 valence electrons. The Bertz CT molecular complexity index is 683. The molecule has 2 aromatic rings. The zero-order chi connectivity index (χ0) is 14.7. The first-order chi connectivity index (χ1) is 9.49. The molecule has 0 aromatic heterocycles. The quantitative estimate of drug-likeness (QED) is 0.800. The number of halogens is 1. The van der Waals surface area contributed by atoms with E-state index in [0.29, 0.717) is 16.8 Å². The van der Waals surface area contributed by atoms with Crippen LogP contribution in [0.1, 0.15) is 26.3 Å². The summed E-state index contributed by atoms with van der Waals surface area (Å²) in [6, 6.07) is 12.0. The Hall–Kier alpha value is -1.89. The highest BCUT2D eigenvalue weighted by Gasteiger charge is 2.13. The van der Waals surface area contributed by atoms with Crippen LogP contribution >= 0.6 is 22.6 Å². The van der Waals surface area contributed by atoms with Crippen LogP contribution in [0.25, 0.3) is 0 Å². The monoisotopic (exact) mass is 381 g/mol. The van der Waals surface area contributed by atoms with Crippen molar-refractivity contribution in [3.63, 3.8) is 0 Å². The molecule has 2 rings (SSSR count). The van der Waals surface area contributed by atoms with Crippen molar-refractivity contribution < 1.29 is 14.7 Å². The first-order valence-electron chi connectivity index (χ1n) is 5.89. The van der Waals surface area contributed by atoms with E-state index in [4.69, 9.17) is 5.11 Å². The van der Waals surface area contributed by atoms with Crippen molar-refractivity contribution in [2.45, 2.75) is 6.92 Å². The molecule has 1 amide bonds. The molecule has 0 spiro atoms. The minimum absolute atomic E-state index is 0.186. The van der Waals surface area contributed by atoms with E-state index in [1.165, 1.54) is 6.07 Å². The summed E-state index contributed by atoms with van der Waals surface area (Å²) in [6.45, 7) is 1.67. The minimum Gasteiger partial charge on any atom is -0.478 e. The lowest BCUT2D eigenvalue weighted by Crippen LogP contribution is -2.14. The van der Waals surface area contributed by atoms with Crippen LogP contribution in [0.5, 0.6) is 0 Å². The number of anilines is 1. The summed E-state index contributed by atoms with van der Waals surface area (Å²) >= 11 is 2.13. The van der Waals surface area contributed by atoms with Crippen LogP contribution < -0.4 is 5.32 Å². The van der Waals surface area contributed by atoms with Crippen molar-refractivity contribution in [2.75, 3.05) is 5.32 Å². The van der Waals surface area contributed by atoms with Crippen LogP contribution in [-0.2, 0) is 0 Å². The normalized spacial score (nSPS) is 10.1. The standard InChI is InChI=1S/C15H12INO3/c1-9-12(15(19)20)6-3-7-13(9)17-14(18)10-4-2-5-11(16)8-10/h2-8H,1H3,(H,17,18)(H,19,20). The van der Waals surface area contributed by atoms with Crippen LogP contribution in [0.4, 0.5) is 5.69 Å². The van der Waals surface area contributed by atoms with Crippen LogP contribution in [0.3, 0.4) is 0 Å². The smallest absolute Gasteiger partial charge is 0.336 e. The average molecular weight is 381 g/mol. The van der Waals surface area contributed by atoms with Crippen molar-refractivity contribution in [1.82, 2.24) is 0 Å². The lowest BCUT2D eigenvalue weighted by molar-refractivity contribution is 0.0695. The van der Waals surface area contributed by atoms with Crippen molar-refractivity contribution in [3.05, 3.63) is 62.7 Å². The highest BCUT2D eigenvalue weighted by molar-refractivity contribution is 14.1. The second kappa shape index (κ2) is 6.04. The zero-order valence-corrected chi connectivity index (χ0v) is 12.8. The second-order valence-electron chi connectivity index (χ2n) is 4.25. The lowest BCUT2D eigenvalue weighted by atomic mass is 10.1. The van der Waals surface area contributed by atoms with Gasteiger partial charge in [-0.15, -0.1) is 0 Å². The largest absolute Gasteiger partial charge is 0.478 e. The Morgan fingerprint density at radius 2 is 1.85 bits per heavy atom. The summed E-state index contributed by atoms with van der Waals surface area (Å²) in [7, 11) is 0. The van der Waals surface area contributed by atoms with Crippen LogP contribution in [-0.4, -0.2) is 17.0 Å². The molecule has 0 aliphatic carbocycles. The molecule has 0 bridgehead atoms. The van der Waals surface area contributed by atoms with E-state index >= 15 is 0 Å². The third-order valence-corrected chi connectivity index (χ3v) is 3.57. The highest BCUT2D eigenvalue weighted by Crippen LogP contribution is 2.20. The first kappa shape index (κ1) is 14.5. The molecule has 0 saturated carbocycles. The molecular weight excluding hydrogens is 369 g/mol. The molecule has 0 heterocycles. The highest BCUT2D eigenvalue weighted by atomic mass is 127. The molecule has 5 heteroatoms. The molecule has 4 nitrogen and oxygen atoms in total. The summed E-state index contributed by atoms with van der Waals surface area (Å²) in [5, 5.41) is 11.8. The fraction of sp³-hybridized carbons (Fsp3) is 0.0667. The van der Waals surface area contributed by atoms with E-state index in [1.807, 2.05) is 6.07 Å². The molecule has 0 aliphatic rings. The van der Waals surface area contributed by atoms with Gasteiger partial charge in [0.05, 0.1) is 5.56 Å². The SMILES string of the molecule is Cc1c(NC(=O)c2cccc(I)c2)cccc1C(=O)O. The van der Waals surface area contributed by atoms with Gasteiger partial charge in [0.15, 0.2) is 0 Å². The maximum absolute atomic E-state index is 12.1. The number of carboxylic acids is 1. The van der Waals surface area contributed by atoms with Crippen molar-refractivity contribution in [1.29, 1.82) is 0 Å². The van der Waals surface area contributed by atoms with E-state index in [9.17, 15) is 9.59 Å². The van der Waals surface area contributed by atoms with Gasteiger partial charge in [0.1, 0.15) is 0 Å². The van der Waals surface area contributed by atoms with Crippen LogP contribution in [0, 0.1) is 10.5 Å². The number of carboxylic acid groups (broad SMARTS) is 1. The Balaban J connectivity index is 2.29. The van der Waals surface area contributed by atoms with Crippen LogP contribution in [0.15, 0.2) is 42.5 Å². The summed E-state index contributed by atoms with van der Waals surface area (Å²) < 4.78 is 0.964. The summed E-state index contributed by atoms with van der Waals surface area (Å²) in [5.74, 6) is -1.26. The van der Waals surface area contributed by atoms with Gasteiger partial charge in [-0.3, -0.25) is 4.79 Å². The molecule has 20 heavy (non-hydrogen) atoms. The fourth-order valence-electron chi connectivity index (χ4n) is 1.83. The number of aromatic carboxylic acids is 1. The van der Waals surface area contributed by atoms with Gasteiger partial charge in [-0.1, -0.05) is 12.1 Å². The van der Waals surface area contributed by atoms with Gasteiger partial charge in [-0.2, -0.15) is 0 Å². The van der Waals surface area contributed by atoms with E-state index in [1.54, 1.807) is 37.3 Å². The van der Waals surface area contributed by atoms with Crippen molar-refractivity contribution in [2.24, 2.45) is 0 Å². The summed E-state index contributed by atoms with van der Waals surface area (Å²) in [4.78, 5) is 23.2. The Morgan fingerprint density at radius 3 is 2.50 bits per heavy atom. The fourth-order valence-corrected chi connectivity index (χ4v) is 2.37. The third kappa shape index (κ3) is 3.16. The zero-order valence-electron chi connectivity index (χ0n) is 10.7. The molecule has 2 aromatic carbocycles.